The van der Waals surface area contributed by atoms with Gasteiger partial charge in [0, 0.05) is 24.4 Å². The fraction of sp³-hybridized carbons (Fsp3) is 0.538. The lowest BCUT2D eigenvalue weighted by Crippen LogP contribution is -2.32. The van der Waals surface area contributed by atoms with E-state index in [9.17, 15) is 4.79 Å². The standard InChI is InChI=1S/C13H18ClN3OS/c1-15-12-7-9(6-11(14)17-12)13(18)16-8-10-4-2-3-5-19-10/h6-7,10H,2-5,8H2,1H3,(H,15,17)(H,16,18). The van der Waals surface area contributed by atoms with Gasteiger partial charge in [-0.05, 0) is 30.7 Å². The van der Waals surface area contributed by atoms with Crippen LogP contribution in [0, 0.1) is 0 Å². The first kappa shape index (κ1) is 14.5. The molecule has 2 N–H and O–H groups in total. The first-order chi connectivity index (χ1) is 9.19. The number of carbonyl (C=O) groups is 1. The maximum absolute atomic E-state index is 12.1. The lowest BCUT2D eigenvalue weighted by molar-refractivity contribution is 0.0953. The first-order valence-electron chi connectivity index (χ1n) is 6.44. The Balaban J connectivity index is 1.93. The van der Waals surface area contributed by atoms with Gasteiger partial charge < -0.3 is 10.6 Å². The highest BCUT2D eigenvalue weighted by molar-refractivity contribution is 7.99. The minimum absolute atomic E-state index is 0.0908. The maximum atomic E-state index is 12.1. The van der Waals surface area contributed by atoms with Crippen LogP contribution in [0.15, 0.2) is 12.1 Å². The summed E-state index contributed by atoms with van der Waals surface area (Å²) >= 11 is 7.83. The number of nitrogens with one attached hydrogen (secondary N) is 2. The van der Waals surface area contributed by atoms with Gasteiger partial charge >= 0.3 is 0 Å². The molecular weight excluding hydrogens is 282 g/mol. The highest BCUT2D eigenvalue weighted by Gasteiger charge is 2.16. The molecule has 2 heterocycles. The van der Waals surface area contributed by atoms with Crippen molar-refractivity contribution in [3.8, 4) is 0 Å². The number of anilines is 1. The van der Waals surface area contributed by atoms with Gasteiger partial charge in [0.05, 0.1) is 0 Å². The van der Waals surface area contributed by atoms with E-state index >= 15 is 0 Å². The number of carbonyl (C=O) groups excluding carboxylic acids is 1. The van der Waals surface area contributed by atoms with Crippen LogP contribution in [0.3, 0.4) is 0 Å². The van der Waals surface area contributed by atoms with Crippen molar-refractivity contribution in [3.05, 3.63) is 22.8 Å². The number of amides is 1. The molecule has 6 heteroatoms. The fourth-order valence-corrected chi connectivity index (χ4v) is 3.48. The SMILES string of the molecule is CNc1cc(C(=O)NCC2CCCCS2)cc(Cl)n1. The predicted molar refractivity (Wildman–Crippen MR) is 81.2 cm³/mol. The summed E-state index contributed by atoms with van der Waals surface area (Å²) in [6, 6.07) is 3.29. The molecule has 0 aromatic carbocycles. The number of nitrogens with zero attached hydrogens (tertiary/aromatic N) is 1. The number of hydrogen-bond acceptors (Lipinski definition) is 4. The van der Waals surface area contributed by atoms with Crippen molar-refractivity contribution in [1.82, 2.24) is 10.3 Å². The minimum atomic E-state index is -0.0908. The molecule has 0 bridgehead atoms. The Bertz CT molecular complexity index is 450. The first-order valence-corrected chi connectivity index (χ1v) is 7.87. The maximum Gasteiger partial charge on any atom is 0.251 e. The van der Waals surface area contributed by atoms with Crippen molar-refractivity contribution >= 4 is 35.1 Å². The molecule has 1 saturated heterocycles. The third-order valence-corrected chi connectivity index (χ3v) is 4.67. The molecular formula is C13H18ClN3OS. The van der Waals surface area contributed by atoms with E-state index in [1.54, 1.807) is 19.2 Å². The molecule has 1 aliphatic rings. The van der Waals surface area contributed by atoms with E-state index in [1.165, 1.54) is 25.0 Å². The average Bonchev–Trinajstić information content (AvgIpc) is 2.45. The van der Waals surface area contributed by atoms with Crippen LogP contribution in [0.4, 0.5) is 5.82 Å². The van der Waals surface area contributed by atoms with E-state index < -0.39 is 0 Å². The Morgan fingerprint density at radius 1 is 1.53 bits per heavy atom. The molecule has 0 spiro atoms. The lowest BCUT2D eigenvalue weighted by Gasteiger charge is -2.21. The van der Waals surface area contributed by atoms with Crippen LogP contribution in [0.1, 0.15) is 29.6 Å². The van der Waals surface area contributed by atoms with Gasteiger partial charge in [-0.2, -0.15) is 11.8 Å². The van der Waals surface area contributed by atoms with Gasteiger partial charge in [0.25, 0.3) is 5.91 Å². The van der Waals surface area contributed by atoms with Crippen molar-refractivity contribution in [1.29, 1.82) is 0 Å². The molecule has 2 rings (SSSR count). The molecule has 1 aliphatic heterocycles. The molecule has 1 aromatic rings. The lowest BCUT2D eigenvalue weighted by atomic mass is 10.2. The molecule has 104 valence electrons. The van der Waals surface area contributed by atoms with Gasteiger partial charge in [0.15, 0.2) is 0 Å². The van der Waals surface area contributed by atoms with Crippen LogP contribution < -0.4 is 10.6 Å². The summed E-state index contributed by atoms with van der Waals surface area (Å²) in [7, 11) is 1.75. The van der Waals surface area contributed by atoms with Gasteiger partial charge in [0.1, 0.15) is 11.0 Å². The van der Waals surface area contributed by atoms with E-state index in [2.05, 4.69) is 15.6 Å². The van der Waals surface area contributed by atoms with Gasteiger partial charge in [-0.15, -0.1) is 0 Å². The summed E-state index contributed by atoms with van der Waals surface area (Å²) < 4.78 is 0. The molecule has 1 fully saturated rings. The summed E-state index contributed by atoms with van der Waals surface area (Å²) in [5, 5.41) is 6.73. The summed E-state index contributed by atoms with van der Waals surface area (Å²) in [5.74, 6) is 1.71. The van der Waals surface area contributed by atoms with Crippen LogP contribution >= 0.6 is 23.4 Å². The largest absolute Gasteiger partial charge is 0.373 e. The van der Waals surface area contributed by atoms with E-state index in [0.29, 0.717) is 21.8 Å². The summed E-state index contributed by atoms with van der Waals surface area (Å²) in [4.78, 5) is 16.1. The van der Waals surface area contributed by atoms with Crippen molar-refractivity contribution in [2.24, 2.45) is 0 Å². The molecule has 19 heavy (non-hydrogen) atoms. The second kappa shape index (κ2) is 7.01. The number of aromatic nitrogens is 1. The Labute approximate surface area is 122 Å². The molecule has 0 radical (unpaired) electrons. The Kier molecular flexibility index (Phi) is 5.34. The zero-order valence-electron chi connectivity index (χ0n) is 10.9. The number of hydrogen-bond donors (Lipinski definition) is 2. The van der Waals surface area contributed by atoms with Crippen molar-refractivity contribution in [3.63, 3.8) is 0 Å². The molecule has 1 atom stereocenters. The van der Waals surface area contributed by atoms with Crippen LogP contribution in [0.5, 0.6) is 0 Å². The molecule has 4 nitrogen and oxygen atoms in total. The quantitative estimate of drug-likeness (QED) is 0.840. The van der Waals surface area contributed by atoms with Crippen molar-refractivity contribution in [2.45, 2.75) is 24.5 Å². The van der Waals surface area contributed by atoms with Crippen LogP contribution in [0.2, 0.25) is 5.15 Å². The average molecular weight is 300 g/mol. The van der Waals surface area contributed by atoms with Gasteiger partial charge in [-0.1, -0.05) is 18.0 Å². The number of pyridine rings is 1. The normalized spacial score (nSPS) is 18.9. The van der Waals surface area contributed by atoms with E-state index in [1.807, 2.05) is 11.8 Å². The Morgan fingerprint density at radius 2 is 2.37 bits per heavy atom. The topological polar surface area (TPSA) is 54.0 Å². The van der Waals surface area contributed by atoms with Gasteiger partial charge in [-0.25, -0.2) is 4.98 Å². The third kappa shape index (κ3) is 4.28. The zero-order chi connectivity index (χ0) is 13.7. The smallest absolute Gasteiger partial charge is 0.251 e. The molecule has 1 aromatic heterocycles. The summed E-state index contributed by atoms with van der Waals surface area (Å²) in [5.41, 5.74) is 0.546. The predicted octanol–water partition coefficient (Wildman–Crippen LogP) is 2.79. The van der Waals surface area contributed by atoms with Crippen LogP contribution in [-0.2, 0) is 0 Å². The molecule has 0 aliphatic carbocycles. The zero-order valence-corrected chi connectivity index (χ0v) is 12.5. The monoisotopic (exact) mass is 299 g/mol. The van der Waals surface area contributed by atoms with Gasteiger partial charge in [-0.3, -0.25) is 4.79 Å². The Morgan fingerprint density at radius 3 is 3.05 bits per heavy atom. The van der Waals surface area contributed by atoms with Crippen molar-refractivity contribution in [2.75, 3.05) is 24.7 Å². The summed E-state index contributed by atoms with van der Waals surface area (Å²) in [6.07, 6.45) is 3.74. The summed E-state index contributed by atoms with van der Waals surface area (Å²) in [6.45, 7) is 0.721. The van der Waals surface area contributed by atoms with Crippen LogP contribution in [0.25, 0.3) is 0 Å². The highest BCUT2D eigenvalue weighted by Crippen LogP contribution is 2.24. The van der Waals surface area contributed by atoms with E-state index in [4.69, 9.17) is 11.6 Å². The van der Waals surface area contributed by atoms with E-state index in [-0.39, 0.29) is 5.91 Å². The molecule has 0 saturated carbocycles. The Hall–Kier alpha value is -0.940. The number of rotatable bonds is 4. The molecule has 1 unspecified atom stereocenters. The third-order valence-electron chi connectivity index (χ3n) is 3.08. The number of halogens is 1. The second-order valence-corrected chi connectivity index (χ2v) is 6.31. The van der Waals surface area contributed by atoms with Crippen molar-refractivity contribution < 1.29 is 4.79 Å². The van der Waals surface area contributed by atoms with E-state index in [0.717, 1.165) is 6.54 Å². The number of thioether (sulfide) groups is 1. The highest BCUT2D eigenvalue weighted by atomic mass is 35.5. The molecule has 1 amide bonds. The van der Waals surface area contributed by atoms with Gasteiger partial charge in [0.2, 0.25) is 0 Å². The minimum Gasteiger partial charge on any atom is -0.373 e. The second-order valence-electron chi connectivity index (χ2n) is 4.51. The fourth-order valence-electron chi connectivity index (χ4n) is 2.03. The van der Waals surface area contributed by atoms with Crippen LogP contribution in [-0.4, -0.2) is 35.5 Å².